The van der Waals surface area contributed by atoms with E-state index < -0.39 is 17.3 Å². The molecule has 10 nitrogen and oxygen atoms in total. The third-order valence-corrected chi connectivity index (χ3v) is 4.62. The van der Waals surface area contributed by atoms with Gasteiger partial charge in [0.2, 0.25) is 5.91 Å². The van der Waals surface area contributed by atoms with Crippen LogP contribution < -0.4 is 26.0 Å². The van der Waals surface area contributed by atoms with Gasteiger partial charge >= 0.3 is 5.69 Å². The summed E-state index contributed by atoms with van der Waals surface area (Å²) in [6.45, 7) is 1.64. The van der Waals surface area contributed by atoms with Crippen LogP contribution in [0.4, 0.5) is 5.69 Å². The van der Waals surface area contributed by atoms with Gasteiger partial charge in [-0.05, 0) is 19.1 Å². The zero-order valence-corrected chi connectivity index (χ0v) is 16.2. The lowest BCUT2D eigenvalue weighted by Gasteiger charge is -2.16. The Morgan fingerprint density at radius 1 is 1.11 bits per heavy atom. The van der Waals surface area contributed by atoms with Gasteiger partial charge < -0.3 is 19.4 Å². The minimum atomic E-state index is -0.747. The van der Waals surface area contributed by atoms with E-state index in [-0.39, 0.29) is 17.1 Å². The number of rotatable bonds is 5. The van der Waals surface area contributed by atoms with Crippen LogP contribution in [0.1, 0.15) is 13.0 Å². The van der Waals surface area contributed by atoms with Gasteiger partial charge in [-0.25, -0.2) is 9.78 Å². The van der Waals surface area contributed by atoms with Gasteiger partial charge in [0, 0.05) is 25.8 Å². The van der Waals surface area contributed by atoms with Gasteiger partial charge in [0.05, 0.1) is 20.5 Å². The van der Waals surface area contributed by atoms with Crippen LogP contribution in [0.25, 0.3) is 11.2 Å². The molecule has 28 heavy (non-hydrogen) atoms. The molecular weight excluding hydrogens is 366 g/mol. The SMILES string of the molecule is COc1ccc(NC(=O)C(C)n2cnc3c2c(=O)n(C)c(=O)n3C)cc1OC. The number of benzene rings is 1. The zero-order valence-electron chi connectivity index (χ0n) is 16.2. The number of aryl methyl sites for hydroxylation is 1. The third-order valence-electron chi connectivity index (χ3n) is 4.62. The van der Waals surface area contributed by atoms with Crippen molar-refractivity contribution in [1.82, 2.24) is 18.7 Å². The van der Waals surface area contributed by atoms with E-state index in [0.717, 1.165) is 4.57 Å². The number of imidazole rings is 1. The standard InChI is InChI=1S/C18H21N5O5/c1-10(16(24)20-11-6-7-12(27-4)13(8-11)28-5)23-9-19-15-14(23)17(25)22(3)18(26)21(15)2/h6-10H,1-5H3,(H,20,24). The first kappa shape index (κ1) is 19.2. The molecule has 3 aromatic rings. The number of nitrogens with zero attached hydrogens (tertiary/aromatic N) is 4. The molecule has 0 aliphatic carbocycles. The maximum absolute atomic E-state index is 12.7. The Morgan fingerprint density at radius 3 is 2.43 bits per heavy atom. The van der Waals surface area contributed by atoms with Crippen molar-refractivity contribution in [3.63, 3.8) is 0 Å². The lowest BCUT2D eigenvalue weighted by molar-refractivity contribution is -0.118. The van der Waals surface area contributed by atoms with Crippen LogP contribution in [0.3, 0.4) is 0 Å². The van der Waals surface area contributed by atoms with Crippen LogP contribution in [0.2, 0.25) is 0 Å². The molecule has 0 aliphatic heterocycles. The summed E-state index contributed by atoms with van der Waals surface area (Å²) < 4.78 is 14.1. The summed E-state index contributed by atoms with van der Waals surface area (Å²) in [6, 6.07) is 4.25. The highest BCUT2D eigenvalue weighted by Gasteiger charge is 2.22. The van der Waals surface area contributed by atoms with Crippen LogP contribution in [0.15, 0.2) is 34.1 Å². The van der Waals surface area contributed by atoms with Crippen molar-refractivity contribution in [2.45, 2.75) is 13.0 Å². The molecule has 0 bridgehead atoms. The highest BCUT2D eigenvalue weighted by Crippen LogP contribution is 2.30. The zero-order chi connectivity index (χ0) is 20.6. The Morgan fingerprint density at radius 2 is 1.79 bits per heavy atom. The molecule has 1 N–H and O–H groups in total. The number of anilines is 1. The molecule has 3 rings (SSSR count). The lowest BCUT2D eigenvalue weighted by Crippen LogP contribution is -2.38. The average Bonchev–Trinajstić information content (AvgIpc) is 3.15. The molecular formula is C18H21N5O5. The number of hydrogen-bond donors (Lipinski definition) is 1. The number of hydrogen-bond acceptors (Lipinski definition) is 6. The number of carbonyl (C=O) groups excluding carboxylic acids is 1. The fourth-order valence-electron chi connectivity index (χ4n) is 2.94. The molecule has 1 unspecified atom stereocenters. The van der Waals surface area contributed by atoms with E-state index in [2.05, 4.69) is 10.3 Å². The highest BCUT2D eigenvalue weighted by molar-refractivity contribution is 5.94. The van der Waals surface area contributed by atoms with Crippen LogP contribution in [-0.2, 0) is 18.9 Å². The highest BCUT2D eigenvalue weighted by atomic mass is 16.5. The molecule has 0 saturated heterocycles. The van der Waals surface area contributed by atoms with E-state index in [1.165, 1.54) is 43.8 Å². The van der Waals surface area contributed by atoms with Crippen molar-refractivity contribution >= 4 is 22.8 Å². The van der Waals surface area contributed by atoms with Gasteiger partial charge in [-0.15, -0.1) is 0 Å². The van der Waals surface area contributed by atoms with Gasteiger partial charge in [-0.2, -0.15) is 0 Å². The van der Waals surface area contributed by atoms with Crippen molar-refractivity contribution in [1.29, 1.82) is 0 Å². The summed E-state index contributed by atoms with van der Waals surface area (Å²) in [5.41, 5.74) is -0.0794. The third kappa shape index (κ3) is 3.02. The largest absolute Gasteiger partial charge is 0.493 e. The molecule has 0 saturated carbocycles. The molecule has 0 aliphatic rings. The summed E-state index contributed by atoms with van der Waals surface area (Å²) in [7, 11) is 5.94. The van der Waals surface area contributed by atoms with Crippen LogP contribution >= 0.6 is 0 Å². The summed E-state index contributed by atoms with van der Waals surface area (Å²) in [6.07, 6.45) is 1.38. The van der Waals surface area contributed by atoms with E-state index in [4.69, 9.17) is 9.47 Å². The number of fused-ring (bicyclic) bond motifs is 1. The van der Waals surface area contributed by atoms with Gasteiger partial charge in [0.1, 0.15) is 6.04 Å². The molecule has 1 aromatic carbocycles. The smallest absolute Gasteiger partial charge is 0.332 e. The van der Waals surface area contributed by atoms with Gasteiger partial charge in [-0.1, -0.05) is 0 Å². The van der Waals surface area contributed by atoms with Crippen LogP contribution in [-0.4, -0.2) is 38.8 Å². The van der Waals surface area contributed by atoms with E-state index in [1.54, 1.807) is 25.1 Å². The second-order valence-corrected chi connectivity index (χ2v) is 6.26. The predicted molar refractivity (Wildman–Crippen MR) is 103 cm³/mol. The molecule has 2 heterocycles. The average molecular weight is 387 g/mol. The Balaban J connectivity index is 1.97. The van der Waals surface area contributed by atoms with Crippen molar-refractivity contribution in [3.8, 4) is 11.5 Å². The second-order valence-electron chi connectivity index (χ2n) is 6.26. The summed E-state index contributed by atoms with van der Waals surface area (Å²) >= 11 is 0. The first-order chi connectivity index (χ1) is 13.3. The Kier molecular flexibility index (Phi) is 4.95. The molecule has 1 amide bonds. The quantitative estimate of drug-likeness (QED) is 0.688. The topological polar surface area (TPSA) is 109 Å². The Hall–Kier alpha value is -3.56. The number of amides is 1. The Bertz CT molecular complexity index is 1170. The number of aromatic nitrogens is 4. The van der Waals surface area contributed by atoms with E-state index in [1.807, 2.05) is 0 Å². The lowest BCUT2D eigenvalue weighted by atomic mass is 10.2. The second kappa shape index (κ2) is 7.22. The molecule has 148 valence electrons. The maximum Gasteiger partial charge on any atom is 0.332 e. The molecule has 0 spiro atoms. The predicted octanol–water partition coefficient (Wildman–Crippen LogP) is 0.651. The molecule has 2 aromatic heterocycles. The Labute approximate surface area is 159 Å². The fraction of sp³-hybridized carbons (Fsp3) is 0.333. The summed E-state index contributed by atoms with van der Waals surface area (Å²) in [4.78, 5) is 41.5. The van der Waals surface area contributed by atoms with E-state index >= 15 is 0 Å². The molecule has 0 radical (unpaired) electrons. The number of carbonyl (C=O) groups is 1. The van der Waals surface area contributed by atoms with Gasteiger partial charge in [0.15, 0.2) is 22.7 Å². The number of methoxy groups -OCH3 is 2. The van der Waals surface area contributed by atoms with Gasteiger partial charge in [0.25, 0.3) is 5.56 Å². The normalized spacial score (nSPS) is 12.0. The molecule has 10 heteroatoms. The van der Waals surface area contributed by atoms with Crippen molar-refractivity contribution in [3.05, 3.63) is 45.4 Å². The van der Waals surface area contributed by atoms with Crippen LogP contribution in [0, 0.1) is 0 Å². The van der Waals surface area contributed by atoms with Crippen molar-refractivity contribution in [2.75, 3.05) is 19.5 Å². The van der Waals surface area contributed by atoms with E-state index in [0.29, 0.717) is 17.2 Å². The van der Waals surface area contributed by atoms with E-state index in [9.17, 15) is 14.4 Å². The molecule has 1 atom stereocenters. The monoisotopic (exact) mass is 387 g/mol. The molecule has 0 fully saturated rings. The summed E-state index contributed by atoms with van der Waals surface area (Å²) in [5.74, 6) is 0.658. The van der Waals surface area contributed by atoms with Crippen LogP contribution in [0.5, 0.6) is 11.5 Å². The fourth-order valence-corrected chi connectivity index (χ4v) is 2.94. The summed E-state index contributed by atoms with van der Waals surface area (Å²) in [5, 5.41) is 2.78. The van der Waals surface area contributed by atoms with Gasteiger partial charge in [-0.3, -0.25) is 18.7 Å². The van der Waals surface area contributed by atoms with Crippen molar-refractivity contribution in [2.24, 2.45) is 14.1 Å². The van der Waals surface area contributed by atoms with Crippen molar-refractivity contribution < 1.29 is 14.3 Å². The first-order valence-corrected chi connectivity index (χ1v) is 8.45. The minimum Gasteiger partial charge on any atom is -0.493 e. The number of nitrogens with one attached hydrogen (secondary N) is 1. The minimum absolute atomic E-state index is 0.180. The maximum atomic E-state index is 12.7. The number of ether oxygens (including phenoxy) is 2. The first-order valence-electron chi connectivity index (χ1n) is 8.45.